The third-order valence-electron chi connectivity index (χ3n) is 3.99. The number of amides is 1. The summed E-state index contributed by atoms with van der Waals surface area (Å²) in [4.78, 5) is 28.9. The van der Waals surface area contributed by atoms with Gasteiger partial charge in [0.15, 0.2) is 0 Å². The van der Waals surface area contributed by atoms with Crippen molar-refractivity contribution in [3.05, 3.63) is 75.8 Å². The van der Waals surface area contributed by atoms with Crippen molar-refractivity contribution >= 4 is 23.2 Å². The summed E-state index contributed by atoms with van der Waals surface area (Å²) in [6.45, 7) is 3.45. The molecule has 3 rings (SSSR count). The predicted octanol–water partition coefficient (Wildman–Crippen LogP) is 3.47. The summed E-state index contributed by atoms with van der Waals surface area (Å²) >= 11 is 5.97. The number of halogens is 1. The van der Waals surface area contributed by atoms with Crippen LogP contribution < -0.4 is 11.0 Å². The molecule has 6 nitrogen and oxygen atoms in total. The Morgan fingerprint density at radius 2 is 1.92 bits per heavy atom. The van der Waals surface area contributed by atoms with Gasteiger partial charge in [-0.3, -0.25) is 4.79 Å². The standard InChI is InChI=1S/C19H17ClN4O2/c1-12-8-9-15(20)10-16(12)22-18(25)13(2)24-19(26)23-17(11-21-24)14-6-4-3-5-7-14/h3-11,13H,1-2H3,(H,22,25). The van der Waals surface area contributed by atoms with Gasteiger partial charge in [0, 0.05) is 16.3 Å². The fourth-order valence-electron chi connectivity index (χ4n) is 2.44. The van der Waals surface area contributed by atoms with Crippen molar-refractivity contribution in [3.8, 4) is 11.3 Å². The normalized spacial score (nSPS) is 11.8. The van der Waals surface area contributed by atoms with Crippen molar-refractivity contribution in [1.82, 2.24) is 14.8 Å². The second kappa shape index (κ2) is 7.49. The maximum absolute atomic E-state index is 12.5. The second-order valence-corrected chi connectivity index (χ2v) is 6.30. The van der Waals surface area contributed by atoms with Crippen LogP contribution in [-0.2, 0) is 4.79 Å². The lowest BCUT2D eigenvalue weighted by atomic mass is 10.2. The van der Waals surface area contributed by atoms with Gasteiger partial charge in [-0.2, -0.15) is 10.1 Å². The molecule has 7 heteroatoms. The molecule has 0 fully saturated rings. The molecular formula is C19H17ClN4O2. The van der Waals surface area contributed by atoms with Crippen LogP contribution in [-0.4, -0.2) is 20.7 Å². The Morgan fingerprint density at radius 3 is 2.62 bits per heavy atom. The number of anilines is 1. The van der Waals surface area contributed by atoms with Crippen LogP contribution in [0.4, 0.5) is 5.69 Å². The monoisotopic (exact) mass is 368 g/mol. The van der Waals surface area contributed by atoms with E-state index in [-0.39, 0.29) is 5.91 Å². The smallest absolute Gasteiger partial charge is 0.324 e. The lowest BCUT2D eigenvalue weighted by molar-refractivity contribution is -0.119. The molecule has 0 bridgehead atoms. The minimum Gasteiger partial charge on any atom is -0.324 e. The second-order valence-electron chi connectivity index (χ2n) is 5.86. The molecule has 1 N–H and O–H groups in total. The van der Waals surface area contributed by atoms with Crippen LogP contribution in [0.5, 0.6) is 0 Å². The number of rotatable bonds is 4. The van der Waals surface area contributed by atoms with Crippen LogP contribution in [0.1, 0.15) is 18.5 Å². The quantitative estimate of drug-likeness (QED) is 0.765. The van der Waals surface area contributed by atoms with E-state index in [2.05, 4.69) is 15.4 Å². The molecule has 0 spiro atoms. The minimum absolute atomic E-state index is 0.376. The molecular weight excluding hydrogens is 352 g/mol. The van der Waals surface area contributed by atoms with Crippen molar-refractivity contribution in [3.63, 3.8) is 0 Å². The maximum Gasteiger partial charge on any atom is 0.365 e. The summed E-state index contributed by atoms with van der Waals surface area (Å²) in [5.41, 5.74) is 2.13. The van der Waals surface area contributed by atoms with E-state index in [0.29, 0.717) is 16.4 Å². The molecule has 2 aromatic carbocycles. The van der Waals surface area contributed by atoms with Gasteiger partial charge in [0.05, 0.1) is 11.9 Å². The molecule has 1 unspecified atom stereocenters. The Kier molecular flexibility index (Phi) is 5.14. The third-order valence-corrected chi connectivity index (χ3v) is 4.22. The molecule has 1 heterocycles. The Bertz CT molecular complexity index is 1000. The van der Waals surface area contributed by atoms with Gasteiger partial charge in [-0.15, -0.1) is 0 Å². The van der Waals surface area contributed by atoms with E-state index in [1.165, 1.54) is 6.20 Å². The van der Waals surface area contributed by atoms with E-state index in [0.717, 1.165) is 15.8 Å². The van der Waals surface area contributed by atoms with Crippen LogP contribution in [0.15, 0.2) is 59.5 Å². The zero-order chi connectivity index (χ0) is 18.7. The fraction of sp³-hybridized carbons (Fsp3) is 0.158. The number of nitrogens with zero attached hydrogens (tertiary/aromatic N) is 3. The number of hydrogen-bond donors (Lipinski definition) is 1. The Balaban J connectivity index is 1.83. The van der Waals surface area contributed by atoms with Crippen LogP contribution >= 0.6 is 11.6 Å². The van der Waals surface area contributed by atoms with Gasteiger partial charge in [0.2, 0.25) is 5.91 Å². The first kappa shape index (κ1) is 17.8. The van der Waals surface area contributed by atoms with Crippen LogP contribution in [0.3, 0.4) is 0 Å². The number of hydrogen-bond acceptors (Lipinski definition) is 4. The van der Waals surface area contributed by atoms with E-state index in [1.807, 2.05) is 43.3 Å². The first-order valence-electron chi connectivity index (χ1n) is 8.04. The first-order chi connectivity index (χ1) is 12.5. The van der Waals surface area contributed by atoms with E-state index < -0.39 is 11.7 Å². The lowest BCUT2D eigenvalue weighted by Gasteiger charge is -2.15. The van der Waals surface area contributed by atoms with E-state index in [4.69, 9.17) is 11.6 Å². The molecule has 1 aromatic heterocycles. The van der Waals surface area contributed by atoms with Gasteiger partial charge in [-0.05, 0) is 31.5 Å². The molecule has 0 aliphatic rings. The van der Waals surface area contributed by atoms with E-state index in [1.54, 1.807) is 19.1 Å². The first-order valence-corrected chi connectivity index (χ1v) is 8.42. The molecule has 3 aromatic rings. The van der Waals surface area contributed by atoms with Crippen molar-refractivity contribution in [2.75, 3.05) is 5.32 Å². The van der Waals surface area contributed by atoms with Gasteiger partial charge in [0.25, 0.3) is 0 Å². The van der Waals surface area contributed by atoms with Crippen molar-refractivity contribution in [1.29, 1.82) is 0 Å². The summed E-state index contributed by atoms with van der Waals surface area (Å²) < 4.78 is 1.06. The number of nitrogens with one attached hydrogen (secondary N) is 1. The molecule has 0 saturated carbocycles. The largest absolute Gasteiger partial charge is 0.365 e. The molecule has 0 aliphatic heterocycles. The van der Waals surface area contributed by atoms with E-state index in [9.17, 15) is 9.59 Å². The highest BCUT2D eigenvalue weighted by atomic mass is 35.5. The molecule has 26 heavy (non-hydrogen) atoms. The highest BCUT2D eigenvalue weighted by molar-refractivity contribution is 6.31. The highest BCUT2D eigenvalue weighted by Gasteiger charge is 2.19. The Hall–Kier alpha value is -2.99. The fourth-order valence-corrected chi connectivity index (χ4v) is 2.61. The number of aryl methyl sites for hydroxylation is 1. The van der Waals surface area contributed by atoms with Gasteiger partial charge >= 0.3 is 5.69 Å². The summed E-state index contributed by atoms with van der Waals surface area (Å²) in [6.07, 6.45) is 1.48. The van der Waals surface area contributed by atoms with Gasteiger partial charge in [-0.1, -0.05) is 48.0 Å². The predicted molar refractivity (Wildman–Crippen MR) is 101 cm³/mol. The van der Waals surface area contributed by atoms with Crippen molar-refractivity contribution < 1.29 is 4.79 Å². The van der Waals surface area contributed by atoms with E-state index >= 15 is 0 Å². The molecule has 0 radical (unpaired) electrons. The number of aromatic nitrogens is 3. The molecule has 132 valence electrons. The highest BCUT2D eigenvalue weighted by Crippen LogP contribution is 2.21. The van der Waals surface area contributed by atoms with Crippen LogP contribution in [0, 0.1) is 6.92 Å². The molecule has 0 aliphatic carbocycles. The number of carbonyl (C=O) groups is 1. The summed E-state index contributed by atoms with van der Waals surface area (Å²) in [7, 11) is 0. The number of carbonyl (C=O) groups excluding carboxylic acids is 1. The summed E-state index contributed by atoms with van der Waals surface area (Å²) in [5.74, 6) is -0.376. The zero-order valence-electron chi connectivity index (χ0n) is 14.3. The van der Waals surface area contributed by atoms with Gasteiger partial charge in [-0.25, -0.2) is 9.48 Å². The topological polar surface area (TPSA) is 76.9 Å². The summed E-state index contributed by atoms with van der Waals surface area (Å²) in [6, 6.07) is 13.7. The molecule has 1 atom stereocenters. The zero-order valence-corrected chi connectivity index (χ0v) is 15.1. The molecule has 0 saturated heterocycles. The van der Waals surface area contributed by atoms with Gasteiger partial charge < -0.3 is 5.32 Å². The van der Waals surface area contributed by atoms with Crippen LogP contribution in [0.2, 0.25) is 5.02 Å². The lowest BCUT2D eigenvalue weighted by Crippen LogP contribution is -2.35. The van der Waals surface area contributed by atoms with Crippen molar-refractivity contribution in [2.45, 2.75) is 19.9 Å². The van der Waals surface area contributed by atoms with Crippen molar-refractivity contribution in [2.24, 2.45) is 0 Å². The van der Waals surface area contributed by atoms with Crippen LogP contribution in [0.25, 0.3) is 11.3 Å². The average Bonchev–Trinajstić information content (AvgIpc) is 2.64. The Morgan fingerprint density at radius 1 is 1.19 bits per heavy atom. The maximum atomic E-state index is 12.5. The Labute approximate surface area is 155 Å². The SMILES string of the molecule is Cc1ccc(Cl)cc1NC(=O)C(C)n1ncc(-c2ccccc2)nc1=O. The average molecular weight is 369 g/mol. The number of benzene rings is 2. The summed E-state index contributed by atoms with van der Waals surface area (Å²) in [5, 5.41) is 7.40. The minimum atomic E-state index is -0.821. The molecule has 1 amide bonds. The van der Waals surface area contributed by atoms with Gasteiger partial charge in [0.1, 0.15) is 6.04 Å². The third kappa shape index (κ3) is 3.81.